The number of benzene rings is 3. The van der Waals surface area contributed by atoms with Crippen molar-refractivity contribution < 1.29 is 9.53 Å². The summed E-state index contributed by atoms with van der Waals surface area (Å²) in [6, 6.07) is 19.4. The molecule has 1 aliphatic rings. The third-order valence-corrected chi connectivity index (χ3v) is 7.41. The molecule has 1 aliphatic heterocycles. The van der Waals surface area contributed by atoms with Crippen LogP contribution >= 0.6 is 50.9 Å². The SMILES string of the molecule is CCc1ccc(N[C@H]2NC(=O)/C(=C/c3ccc(OCc4ccc(Cl)c(Cl)c4)c(Br)c3)S2)cc1. The van der Waals surface area contributed by atoms with E-state index in [2.05, 4.69) is 45.6 Å². The fraction of sp³-hybridized carbons (Fsp3) is 0.160. The van der Waals surface area contributed by atoms with E-state index in [0.29, 0.717) is 27.3 Å². The number of thioether (sulfide) groups is 1. The van der Waals surface area contributed by atoms with E-state index < -0.39 is 0 Å². The first-order valence-corrected chi connectivity index (χ1v) is 12.7. The fourth-order valence-corrected chi connectivity index (χ4v) is 5.04. The van der Waals surface area contributed by atoms with Crippen LogP contribution in [0.5, 0.6) is 5.75 Å². The van der Waals surface area contributed by atoms with Crippen LogP contribution in [0.3, 0.4) is 0 Å². The number of hydrogen-bond donors (Lipinski definition) is 2. The third-order valence-electron chi connectivity index (χ3n) is 5.02. The first-order valence-electron chi connectivity index (χ1n) is 10.3. The van der Waals surface area contributed by atoms with Gasteiger partial charge in [0.15, 0.2) is 5.50 Å². The number of amides is 1. The summed E-state index contributed by atoms with van der Waals surface area (Å²) < 4.78 is 6.70. The maximum Gasteiger partial charge on any atom is 0.260 e. The highest BCUT2D eigenvalue weighted by atomic mass is 79.9. The van der Waals surface area contributed by atoms with Crippen molar-refractivity contribution in [2.45, 2.75) is 25.4 Å². The van der Waals surface area contributed by atoms with Crippen molar-refractivity contribution in [2.75, 3.05) is 5.32 Å². The van der Waals surface area contributed by atoms with Crippen molar-refractivity contribution in [3.05, 3.63) is 96.8 Å². The van der Waals surface area contributed by atoms with Gasteiger partial charge < -0.3 is 15.4 Å². The van der Waals surface area contributed by atoms with Gasteiger partial charge >= 0.3 is 0 Å². The van der Waals surface area contributed by atoms with E-state index in [-0.39, 0.29) is 11.4 Å². The van der Waals surface area contributed by atoms with Crippen molar-refractivity contribution in [2.24, 2.45) is 0 Å². The lowest BCUT2D eigenvalue weighted by atomic mass is 10.1. The number of halogens is 3. The minimum atomic E-state index is -0.214. The molecular formula is C25H21BrCl2N2O2S. The lowest BCUT2D eigenvalue weighted by Crippen LogP contribution is -2.30. The molecule has 0 aromatic heterocycles. The molecule has 0 aliphatic carbocycles. The van der Waals surface area contributed by atoms with Gasteiger partial charge in [0, 0.05) is 5.69 Å². The largest absolute Gasteiger partial charge is 0.488 e. The van der Waals surface area contributed by atoms with E-state index in [4.69, 9.17) is 27.9 Å². The van der Waals surface area contributed by atoms with Gasteiger partial charge in [-0.1, -0.05) is 66.2 Å². The highest BCUT2D eigenvalue weighted by molar-refractivity contribution is 9.10. The molecule has 33 heavy (non-hydrogen) atoms. The van der Waals surface area contributed by atoms with E-state index in [9.17, 15) is 4.79 Å². The summed E-state index contributed by atoms with van der Waals surface area (Å²) >= 11 is 17.0. The van der Waals surface area contributed by atoms with Crippen LogP contribution in [0.15, 0.2) is 70.0 Å². The molecule has 1 atom stereocenters. The molecule has 0 bridgehead atoms. The first-order chi connectivity index (χ1) is 15.9. The van der Waals surface area contributed by atoms with Crippen LogP contribution < -0.4 is 15.4 Å². The van der Waals surface area contributed by atoms with Gasteiger partial charge in [-0.15, -0.1) is 0 Å². The summed E-state index contributed by atoms with van der Waals surface area (Å²) in [5, 5.41) is 7.31. The average Bonchev–Trinajstić information content (AvgIpc) is 3.14. The van der Waals surface area contributed by atoms with Gasteiger partial charge in [0.25, 0.3) is 5.91 Å². The molecule has 4 nitrogen and oxygen atoms in total. The van der Waals surface area contributed by atoms with Gasteiger partial charge in [0.1, 0.15) is 12.4 Å². The molecule has 0 radical (unpaired) electrons. The van der Waals surface area contributed by atoms with Gasteiger partial charge in [0.2, 0.25) is 0 Å². The second-order valence-corrected chi connectivity index (χ2v) is 10.2. The van der Waals surface area contributed by atoms with Crippen LogP contribution in [0.2, 0.25) is 10.0 Å². The Labute approximate surface area is 215 Å². The zero-order chi connectivity index (χ0) is 23.4. The van der Waals surface area contributed by atoms with Gasteiger partial charge in [-0.25, -0.2) is 0 Å². The molecule has 170 valence electrons. The second kappa shape index (κ2) is 10.9. The zero-order valence-corrected chi connectivity index (χ0v) is 21.6. The van der Waals surface area contributed by atoms with Crippen molar-refractivity contribution in [1.82, 2.24) is 5.32 Å². The lowest BCUT2D eigenvalue weighted by Gasteiger charge is -2.12. The normalized spacial score (nSPS) is 16.7. The third kappa shape index (κ3) is 6.27. The standard InChI is InChI=1S/C25H21BrCl2N2O2S/c1-2-15-3-7-18(8-4-15)29-25-30-24(31)23(33-25)13-16-6-10-22(19(26)11-16)32-14-17-5-9-20(27)21(28)12-17/h3-13,25,29H,2,14H2,1H3,(H,30,31)/b23-13-/t25-/m0/s1. The molecule has 1 heterocycles. The summed E-state index contributed by atoms with van der Waals surface area (Å²) in [6.45, 7) is 2.49. The van der Waals surface area contributed by atoms with Gasteiger partial charge in [0.05, 0.1) is 19.4 Å². The Morgan fingerprint density at radius 2 is 1.82 bits per heavy atom. The van der Waals surface area contributed by atoms with Gasteiger partial charge in [-0.05, 0) is 81.5 Å². The Morgan fingerprint density at radius 1 is 1.06 bits per heavy atom. The van der Waals surface area contributed by atoms with E-state index in [1.54, 1.807) is 12.1 Å². The minimum absolute atomic E-state index is 0.0984. The Bertz CT molecular complexity index is 1200. The van der Waals surface area contributed by atoms with Gasteiger partial charge in [-0.2, -0.15) is 0 Å². The quantitative estimate of drug-likeness (QED) is 0.292. The molecule has 8 heteroatoms. The maximum absolute atomic E-state index is 12.4. The number of nitrogens with one attached hydrogen (secondary N) is 2. The maximum atomic E-state index is 12.4. The number of anilines is 1. The van der Waals surface area contributed by atoms with Crippen LogP contribution in [-0.2, 0) is 17.8 Å². The summed E-state index contributed by atoms with van der Waals surface area (Å²) in [6.07, 6.45) is 2.87. The Morgan fingerprint density at radius 3 is 2.52 bits per heavy atom. The molecule has 3 aromatic carbocycles. The van der Waals surface area contributed by atoms with E-state index in [0.717, 1.165) is 27.7 Å². The number of aryl methyl sites for hydroxylation is 1. The Balaban J connectivity index is 1.39. The smallest absolute Gasteiger partial charge is 0.260 e. The van der Waals surface area contributed by atoms with E-state index >= 15 is 0 Å². The first kappa shape index (κ1) is 24.0. The van der Waals surface area contributed by atoms with Crippen LogP contribution in [-0.4, -0.2) is 11.4 Å². The van der Waals surface area contributed by atoms with Crippen molar-refractivity contribution in [3.63, 3.8) is 0 Å². The minimum Gasteiger partial charge on any atom is -0.488 e. The van der Waals surface area contributed by atoms with Gasteiger partial charge in [-0.3, -0.25) is 4.79 Å². The summed E-state index contributed by atoms with van der Waals surface area (Å²) in [5.41, 5.74) is 3.85. The second-order valence-electron chi connectivity index (χ2n) is 7.40. The van der Waals surface area contributed by atoms with Crippen molar-refractivity contribution in [3.8, 4) is 5.75 Å². The van der Waals surface area contributed by atoms with Crippen LogP contribution in [0.1, 0.15) is 23.6 Å². The predicted octanol–water partition coefficient (Wildman–Crippen LogP) is 7.50. The zero-order valence-electron chi connectivity index (χ0n) is 17.7. The molecule has 0 saturated carbocycles. The fourth-order valence-electron chi connectivity index (χ4n) is 3.22. The number of carbonyl (C=O) groups excluding carboxylic acids is 1. The molecule has 4 rings (SSSR count). The predicted molar refractivity (Wildman–Crippen MR) is 142 cm³/mol. The number of ether oxygens (including phenoxy) is 1. The van der Waals surface area contributed by atoms with E-state index in [1.165, 1.54) is 17.3 Å². The van der Waals surface area contributed by atoms with Crippen molar-refractivity contribution in [1.29, 1.82) is 0 Å². The summed E-state index contributed by atoms with van der Waals surface area (Å²) in [7, 11) is 0. The van der Waals surface area contributed by atoms with Crippen LogP contribution in [0, 0.1) is 0 Å². The molecule has 0 unspecified atom stereocenters. The molecule has 0 spiro atoms. The number of carbonyl (C=O) groups is 1. The Kier molecular flexibility index (Phi) is 7.91. The average molecular weight is 564 g/mol. The number of rotatable bonds is 7. The van der Waals surface area contributed by atoms with Crippen molar-refractivity contribution >= 4 is 68.6 Å². The molecule has 1 amide bonds. The summed E-state index contributed by atoms with van der Waals surface area (Å²) in [5.74, 6) is 0.598. The monoisotopic (exact) mass is 562 g/mol. The Hall–Kier alpha value is -2.12. The molecule has 3 aromatic rings. The number of hydrogen-bond acceptors (Lipinski definition) is 4. The molecule has 1 fully saturated rings. The van der Waals surface area contributed by atoms with Crippen LogP contribution in [0.4, 0.5) is 5.69 Å². The molecular weight excluding hydrogens is 543 g/mol. The molecule has 1 saturated heterocycles. The highest BCUT2D eigenvalue weighted by Crippen LogP contribution is 2.33. The highest BCUT2D eigenvalue weighted by Gasteiger charge is 2.27. The topological polar surface area (TPSA) is 50.4 Å². The molecule has 2 N–H and O–H groups in total. The lowest BCUT2D eigenvalue weighted by molar-refractivity contribution is -0.116. The van der Waals surface area contributed by atoms with E-state index in [1.807, 2.05) is 42.5 Å². The van der Waals surface area contributed by atoms with Crippen LogP contribution in [0.25, 0.3) is 6.08 Å². The summed E-state index contributed by atoms with van der Waals surface area (Å²) in [4.78, 5) is 13.1.